The van der Waals surface area contributed by atoms with Crippen molar-refractivity contribution in [3.63, 3.8) is 0 Å². The summed E-state index contributed by atoms with van der Waals surface area (Å²) in [6.45, 7) is 1.52. The van der Waals surface area contributed by atoms with E-state index in [1.54, 1.807) is 18.2 Å². The molecule has 9 nitrogen and oxygen atoms in total. The van der Waals surface area contributed by atoms with E-state index in [2.05, 4.69) is 5.32 Å². The minimum Gasteiger partial charge on any atom is -0.454 e. The van der Waals surface area contributed by atoms with Crippen LogP contribution >= 0.6 is 0 Å². The van der Waals surface area contributed by atoms with Crippen molar-refractivity contribution in [2.45, 2.75) is 23.6 Å². The van der Waals surface area contributed by atoms with Crippen LogP contribution in [0.15, 0.2) is 47.4 Å². The van der Waals surface area contributed by atoms with Crippen LogP contribution in [0.5, 0.6) is 11.5 Å². The highest BCUT2D eigenvalue weighted by Gasteiger charge is 2.30. The van der Waals surface area contributed by atoms with Gasteiger partial charge in [-0.3, -0.25) is 14.9 Å². The number of hydrogen-bond donors (Lipinski definition) is 1. The van der Waals surface area contributed by atoms with Gasteiger partial charge in [0.05, 0.1) is 9.82 Å². The zero-order valence-electron chi connectivity index (χ0n) is 14.2. The third kappa shape index (κ3) is 3.85. The average Bonchev–Trinajstić information content (AvgIpc) is 3.13. The topological polar surface area (TPSA) is 125 Å². The van der Waals surface area contributed by atoms with Gasteiger partial charge in [0.1, 0.15) is 5.25 Å². The fraction of sp³-hybridized carbons (Fsp3) is 0.235. The molecule has 1 amide bonds. The summed E-state index contributed by atoms with van der Waals surface area (Å²) in [4.78, 5) is 22.2. The average molecular weight is 392 g/mol. The number of rotatable bonds is 6. The molecule has 0 saturated heterocycles. The summed E-state index contributed by atoms with van der Waals surface area (Å²) in [6, 6.07) is 9.57. The second-order valence-corrected chi connectivity index (χ2v) is 8.11. The van der Waals surface area contributed by atoms with Crippen molar-refractivity contribution < 1.29 is 27.6 Å². The smallest absolute Gasteiger partial charge is 0.269 e. The lowest BCUT2D eigenvalue weighted by atomic mass is 10.2. The van der Waals surface area contributed by atoms with Gasteiger partial charge in [-0.2, -0.15) is 0 Å². The fourth-order valence-corrected chi connectivity index (χ4v) is 3.78. The summed E-state index contributed by atoms with van der Waals surface area (Å²) in [5, 5.41) is 11.9. The van der Waals surface area contributed by atoms with Gasteiger partial charge in [0.25, 0.3) is 5.69 Å². The Bertz CT molecular complexity index is 987. The molecular weight excluding hydrogens is 376 g/mol. The molecule has 10 heteroatoms. The van der Waals surface area contributed by atoms with Gasteiger partial charge in [0.2, 0.25) is 12.7 Å². The molecule has 142 valence electrons. The predicted molar refractivity (Wildman–Crippen MR) is 94.2 cm³/mol. The van der Waals surface area contributed by atoms with Gasteiger partial charge >= 0.3 is 0 Å². The summed E-state index contributed by atoms with van der Waals surface area (Å²) in [5.41, 5.74) is 0.501. The third-order valence-electron chi connectivity index (χ3n) is 4.11. The van der Waals surface area contributed by atoms with E-state index in [-0.39, 0.29) is 23.9 Å². The Balaban J connectivity index is 1.67. The maximum Gasteiger partial charge on any atom is 0.269 e. The Morgan fingerprint density at radius 1 is 1.19 bits per heavy atom. The van der Waals surface area contributed by atoms with E-state index in [1.165, 1.54) is 6.92 Å². The van der Waals surface area contributed by atoms with Gasteiger partial charge < -0.3 is 14.8 Å². The molecule has 1 heterocycles. The van der Waals surface area contributed by atoms with Gasteiger partial charge in [-0.25, -0.2) is 8.42 Å². The first-order chi connectivity index (χ1) is 12.8. The van der Waals surface area contributed by atoms with Crippen molar-refractivity contribution in [3.8, 4) is 11.5 Å². The molecule has 2 aromatic rings. The maximum absolute atomic E-state index is 12.6. The molecular formula is C17H16N2O7S. The number of hydrogen-bond acceptors (Lipinski definition) is 7. The van der Waals surface area contributed by atoms with Crippen LogP contribution in [0.2, 0.25) is 0 Å². The first-order valence-corrected chi connectivity index (χ1v) is 9.48. The van der Waals surface area contributed by atoms with Crippen LogP contribution in [0, 0.1) is 10.1 Å². The highest BCUT2D eigenvalue weighted by atomic mass is 32.2. The molecule has 0 aliphatic carbocycles. The molecule has 0 spiro atoms. The number of carbonyl (C=O) groups excluding carboxylic acids is 1. The van der Waals surface area contributed by atoms with Gasteiger partial charge in [-0.1, -0.05) is 6.07 Å². The monoisotopic (exact) mass is 392 g/mol. The first kappa shape index (κ1) is 18.6. The van der Waals surface area contributed by atoms with Gasteiger partial charge in [-0.15, -0.1) is 0 Å². The Hall–Kier alpha value is -3.14. The number of carbonyl (C=O) groups is 1. The van der Waals surface area contributed by atoms with E-state index in [1.807, 2.05) is 0 Å². The van der Waals surface area contributed by atoms with Crippen LogP contribution in [0.4, 0.5) is 5.69 Å². The number of nitro benzene ring substituents is 1. The van der Waals surface area contributed by atoms with Crippen molar-refractivity contribution in [2.75, 3.05) is 6.79 Å². The molecule has 3 rings (SSSR count). The summed E-state index contributed by atoms with van der Waals surface area (Å²) in [5.74, 6) is 0.499. The normalized spacial score (nSPS) is 13.8. The molecule has 1 aliphatic heterocycles. The number of sulfone groups is 1. The van der Waals surface area contributed by atoms with E-state index in [0.29, 0.717) is 11.5 Å². The summed E-state index contributed by atoms with van der Waals surface area (Å²) in [7, 11) is -3.97. The van der Waals surface area contributed by atoms with Crippen LogP contribution in [0.1, 0.15) is 12.5 Å². The Labute approximate surface area is 155 Å². The van der Waals surface area contributed by atoms with E-state index in [4.69, 9.17) is 9.47 Å². The molecule has 2 aromatic carbocycles. The first-order valence-electron chi connectivity index (χ1n) is 7.93. The lowest BCUT2D eigenvalue weighted by molar-refractivity contribution is -0.384. The van der Waals surface area contributed by atoms with Gasteiger partial charge in [-0.05, 0) is 36.8 Å². The van der Waals surface area contributed by atoms with Gasteiger partial charge in [0.15, 0.2) is 21.3 Å². The largest absolute Gasteiger partial charge is 0.454 e. The van der Waals surface area contributed by atoms with Crippen molar-refractivity contribution >= 4 is 21.4 Å². The lowest BCUT2D eigenvalue weighted by Gasteiger charge is -2.13. The number of fused-ring (bicyclic) bond motifs is 1. The number of nitro groups is 1. The molecule has 0 bridgehead atoms. The van der Waals surface area contributed by atoms with Crippen LogP contribution in [-0.4, -0.2) is 31.3 Å². The number of non-ortho nitro benzene ring substituents is 1. The molecule has 0 unspecified atom stereocenters. The van der Waals surface area contributed by atoms with E-state index >= 15 is 0 Å². The number of nitrogens with one attached hydrogen (secondary N) is 1. The minimum absolute atomic E-state index is 0.121. The SMILES string of the molecule is C[C@@H](C(=O)NCc1ccc2c(c1)OCO2)S(=O)(=O)c1ccc([N+](=O)[O-])cc1. The van der Waals surface area contributed by atoms with Crippen molar-refractivity contribution in [3.05, 3.63) is 58.1 Å². The fourth-order valence-electron chi connectivity index (χ4n) is 2.49. The van der Waals surface area contributed by atoms with Crippen molar-refractivity contribution in [1.82, 2.24) is 5.32 Å². The maximum atomic E-state index is 12.6. The molecule has 1 N–H and O–H groups in total. The standard InChI is InChI=1S/C17H16N2O7S/c1-11(27(23,24)14-5-3-13(4-6-14)19(21)22)17(20)18-9-12-2-7-15-16(8-12)26-10-25-15/h2-8,11H,9-10H2,1H3,(H,18,20)/t11-/m0/s1. The minimum atomic E-state index is -3.97. The zero-order chi connectivity index (χ0) is 19.6. The van der Waals surface area contributed by atoms with Crippen LogP contribution in [0.25, 0.3) is 0 Å². The predicted octanol–water partition coefficient (Wildman–Crippen LogP) is 1.80. The second-order valence-electron chi connectivity index (χ2n) is 5.84. The highest BCUT2D eigenvalue weighted by molar-refractivity contribution is 7.92. The second kappa shape index (κ2) is 7.23. The number of ether oxygens (including phenoxy) is 2. The van der Waals surface area contributed by atoms with Crippen LogP contribution in [0.3, 0.4) is 0 Å². The zero-order valence-corrected chi connectivity index (χ0v) is 15.1. The molecule has 0 radical (unpaired) electrons. The van der Waals surface area contributed by atoms with E-state index in [9.17, 15) is 23.3 Å². The van der Waals surface area contributed by atoms with Crippen molar-refractivity contribution in [2.24, 2.45) is 0 Å². The number of benzene rings is 2. The lowest BCUT2D eigenvalue weighted by Crippen LogP contribution is -2.37. The van der Waals surface area contributed by atoms with Crippen molar-refractivity contribution in [1.29, 1.82) is 0 Å². The summed E-state index contributed by atoms with van der Waals surface area (Å²) < 4.78 is 35.6. The van der Waals surface area contributed by atoms with Crippen LogP contribution < -0.4 is 14.8 Å². The molecule has 27 heavy (non-hydrogen) atoms. The molecule has 1 atom stereocenters. The number of nitrogens with zero attached hydrogens (tertiary/aromatic N) is 1. The van der Waals surface area contributed by atoms with E-state index in [0.717, 1.165) is 29.8 Å². The van der Waals surface area contributed by atoms with Crippen LogP contribution in [-0.2, 0) is 21.2 Å². The van der Waals surface area contributed by atoms with Gasteiger partial charge in [0, 0.05) is 18.7 Å². The Morgan fingerprint density at radius 2 is 1.85 bits per heavy atom. The molecule has 0 aromatic heterocycles. The molecule has 0 saturated carbocycles. The quantitative estimate of drug-likeness (QED) is 0.587. The molecule has 1 aliphatic rings. The third-order valence-corrected chi connectivity index (χ3v) is 6.19. The molecule has 0 fully saturated rings. The Kier molecular flexibility index (Phi) is 5.00. The number of amides is 1. The Morgan fingerprint density at radius 3 is 2.52 bits per heavy atom. The van der Waals surface area contributed by atoms with E-state index < -0.39 is 25.9 Å². The highest BCUT2D eigenvalue weighted by Crippen LogP contribution is 2.32. The summed E-state index contributed by atoms with van der Waals surface area (Å²) in [6.07, 6.45) is 0. The summed E-state index contributed by atoms with van der Waals surface area (Å²) >= 11 is 0.